The Balaban J connectivity index is 2.32. The first kappa shape index (κ1) is 12.4. The van der Waals surface area contributed by atoms with Crippen LogP contribution in [0.1, 0.15) is 13.8 Å². The minimum atomic E-state index is -3.37. The lowest BCUT2D eigenvalue weighted by atomic mass is 10.0. The Labute approximate surface area is 102 Å². The maximum absolute atomic E-state index is 12.3. The topological polar surface area (TPSA) is 63.4 Å². The van der Waals surface area contributed by atoms with Gasteiger partial charge >= 0.3 is 0 Å². The third-order valence-electron chi connectivity index (χ3n) is 3.45. The Morgan fingerprint density at radius 1 is 1.24 bits per heavy atom. The molecule has 1 fully saturated rings. The van der Waals surface area contributed by atoms with E-state index in [4.69, 9.17) is 5.73 Å². The van der Waals surface area contributed by atoms with E-state index in [9.17, 15) is 8.42 Å². The number of nitrogen functional groups attached to an aromatic ring is 1. The molecular weight excluding hydrogens is 236 g/mol. The molecule has 17 heavy (non-hydrogen) atoms. The van der Waals surface area contributed by atoms with Crippen LogP contribution in [0.15, 0.2) is 29.2 Å². The number of hydrogen-bond donors (Lipinski definition) is 1. The molecule has 1 aliphatic rings. The summed E-state index contributed by atoms with van der Waals surface area (Å²) < 4.78 is 26.2. The average Bonchev–Trinajstić information content (AvgIpc) is 2.60. The molecule has 5 heteroatoms. The molecule has 0 radical (unpaired) electrons. The monoisotopic (exact) mass is 254 g/mol. The first-order chi connectivity index (χ1) is 7.91. The molecule has 0 saturated carbocycles. The highest BCUT2D eigenvalue weighted by Crippen LogP contribution is 2.28. The summed E-state index contributed by atoms with van der Waals surface area (Å²) in [4.78, 5) is 0.291. The van der Waals surface area contributed by atoms with E-state index < -0.39 is 10.0 Å². The van der Waals surface area contributed by atoms with E-state index >= 15 is 0 Å². The van der Waals surface area contributed by atoms with Crippen molar-refractivity contribution in [2.45, 2.75) is 18.7 Å². The first-order valence-electron chi connectivity index (χ1n) is 5.77. The van der Waals surface area contributed by atoms with E-state index in [-0.39, 0.29) is 0 Å². The molecule has 0 aliphatic carbocycles. The summed E-state index contributed by atoms with van der Waals surface area (Å²) in [5.41, 5.74) is 6.10. The zero-order valence-corrected chi connectivity index (χ0v) is 10.9. The Hall–Kier alpha value is -1.07. The highest BCUT2D eigenvalue weighted by atomic mass is 32.2. The minimum Gasteiger partial charge on any atom is -0.399 e. The standard InChI is InChI=1S/C12H18N2O2S/c1-9-7-14(8-10(9)2)17(15,16)12-5-3-4-11(13)6-12/h3-6,9-10H,7-8,13H2,1-2H3. The first-order valence-corrected chi connectivity index (χ1v) is 7.21. The molecule has 2 atom stereocenters. The smallest absolute Gasteiger partial charge is 0.243 e. The van der Waals surface area contributed by atoms with E-state index in [1.165, 1.54) is 6.07 Å². The van der Waals surface area contributed by atoms with Gasteiger partial charge in [0.1, 0.15) is 0 Å². The summed E-state index contributed by atoms with van der Waals surface area (Å²) in [5.74, 6) is 0.816. The maximum atomic E-state index is 12.3. The SMILES string of the molecule is CC1CN(S(=O)(=O)c2cccc(N)c2)CC1C. The summed E-state index contributed by atoms with van der Waals surface area (Å²) >= 11 is 0. The van der Waals surface area contributed by atoms with Crippen LogP contribution in [-0.4, -0.2) is 25.8 Å². The van der Waals surface area contributed by atoms with Gasteiger partial charge in [0.2, 0.25) is 10.0 Å². The third-order valence-corrected chi connectivity index (χ3v) is 5.28. The fourth-order valence-electron chi connectivity index (χ4n) is 2.10. The second kappa shape index (κ2) is 4.31. The van der Waals surface area contributed by atoms with Crippen LogP contribution in [0.5, 0.6) is 0 Å². The van der Waals surface area contributed by atoms with Gasteiger partial charge in [0.25, 0.3) is 0 Å². The lowest BCUT2D eigenvalue weighted by Crippen LogP contribution is -2.29. The Kier molecular flexibility index (Phi) is 3.14. The van der Waals surface area contributed by atoms with E-state index in [0.717, 1.165) is 0 Å². The molecule has 0 aromatic heterocycles. The van der Waals surface area contributed by atoms with Gasteiger partial charge in [-0.2, -0.15) is 4.31 Å². The second-order valence-corrected chi connectivity index (χ2v) is 6.79. The molecule has 1 aromatic rings. The van der Waals surface area contributed by atoms with Crippen molar-refractivity contribution in [1.82, 2.24) is 4.31 Å². The Bertz CT molecular complexity index is 503. The number of hydrogen-bond acceptors (Lipinski definition) is 3. The molecule has 94 valence electrons. The Morgan fingerprint density at radius 3 is 2.35 bits per heavy atom. The molecule has 4 nitrogen and oxygen atoms in total. The third kappa shape index (κ3) is 2.30. The van der Waals surface area contributed by atoms with Crippen molar-refractivity contribution < 1.29 is 8.42 Å². The molecule has 2 rings (SSSR count). The van der Waals surface area contributed by atoms with Gasteiger partial charge in [-0.05, 0) is 30.0 Å². The van der Waals surface area contributed by atoms with Gasteiger partial charge in [-0.25, -0.2) is 8.42 Å². The normalized spacial score (nSPS) is 26.2. The molecule has 1 aromatic carbocycles. The van der Waals surface area contributed by atoms with Crippen molar-refractivity contribution >= 4 is 15.7 Å². The van der Waals surface area contributed by atoms with E-state index in [1.807, 2.05) is 0 Å². The fourth-order valence-corrected chi connectivity index (χ4v) is 3.79. The van der Waals surface area contributed by atoms with Crippen molar-refractivity contribution in [2.75, 3.05) is 18.8 Å². The highest BCUT2D eigenvalue weighted by Gasteiger charge is 2.34. The maximum Gasteiger partial charge on any atom is 0.243 e. The molecule has 1 aliphatic heterocycles. The van der Waals surface area contributed by atoms with Crippen molar-refractivity contribution in [1.29, 1.82) is 0 Å². The number of rotatable bonds is 2. The summed E-state index contributed by atoms with van der Waals surface area (Å²) in [6.07, 6.45) is 0. The van der Waals surface area contributed by atoms with Gasteiger partial charge < -0.3 is 5.73 Å². The molecule has 0 amide bonds. The molecule has 1 heterocycles. The van der Waals surface area contributed by atoms with Crippen molar-refractivity contribution in [2.24, 2.45) is 11.8 Å². The van der Waals surface area contributed by atoms with Crippen molar-refractivity contribution in [3.8, 4) is 0 Å². The van der Waals surface area contributed by atoms with E-state index in [2.05, 4.69) is 13.8 Å². The minimum absolute atomic E-state index is 0.291. The van der Waals surface area contributed by atoms with Crippen LogP contribution in [0.4, 0.5) is 5.69 Å². The van der Waals surface area contributed by atoms with Gasteiger partial charge in [0, 0.05) is 18.8 Å². The van der Waals surface area contributed by atoms with E-state index in [0.29, 0.717) is 35.5 Å². The van der Waals surface area contributed by atoms with Crippen LogP contribution >= 0.6 is 0 Å². The van der Waals surface area contributed by atoms with Crippen LogP contribution in [-0.2, 0) is 10.0 Å². The van der Waals surface area contributed by atoms with Crippen molar-refractivity contribution in [3.05, 3.63) is 24.3 Å². The Morgan fingerprint density at radius 2 is 1.82 bits per heavy atom. The number of nitrogens with zero attached hydrogens (tertiary/aromatic N) is 1. The molecule has 2 unspecified atom stereocenters. The van der Waals surface area contributed by atoms with Crippen LogP contribution in [0.25, 0.3) is 0 Å². The van der Waals surface area contributed by atoms with Gasteiger partial charge in [0.15, 0.2) is 0 Å². The lowest BCUT2D eigenvalue weighted by Gasteiger charge is -2.16. The highest BCUT2D eigenvalue weighted by molar-refractivity contribution is 7.89. The second-order valence-electron chi connectivity index (χ2n) is 4.85. The predicted octanol–water partition coefficient (Wildman–Crippen LogP) is 1.55. The predicted molar refractivity (Wildman–Crippen MR) is 67.9 cm³/mol. The molecule has 2 N–H and O–H groups in total. The molecule has 0 bridgehead atoms. The van der Waals surface area contributed by atoms with E-state index in [1.54, 1.807) is 22.5 Å². The number of nitrogens with two attached hydrogens (primary N) is 1. The van der Waals surface area contributed by atoms with Gasteiger partial charge in [-0.15, -0.1) is 0 Å². The van der Waals surface area contributed by atoms with Crippen LogP contribution in [0, 0.1) is 11.8 Å². The zero-order chi connectivity index (χ0) is 12.6. The average molecular weight is 254 g/mol. The summed E-state index contributed by atoms with van der Waals surface area (Å²) in [7, 11) is -3.37. The summed E-state index contributed by atoms with van der Waals surface area (Å²) in [6.45, 7) is 5.36. The van der Waals surface area contributed by atoms with Gasteiger partial charge in [-0.1, -0.05) is 19.9 Å². The quantitative estimate of drug-likeness (QED) is 0.814. The largest absolute Gasteiger partial charge is 0.399 e. The summed E-state index contributed by atoms with van der Waals surface area (Å²) in [5, 5.41) is 0. The molecule has 1 saturated heterocycles. The fraction of sp³-hybridized carbons (Fsp3) is 0.500. The van der Waals surface area contributed by atoms with Crippen LogP contribution in [0.2, 0.25) is 0 Å². The van der Waals surface area contributed by atoms with Crippen LogP contribution < -0.4 is 5.73 Å². The molecule has 0 spiro atoms. The number of benzene rings is 1. The molecular formula is C12H18N2O2S. The van der Waals surface area contributed by atoms with Crippen molar-refractivity contribution in [3.63, 3.8) is 0 Å². The van der Waals surface area contributed by atoms with Gasteiger partial charge in [-0.3, -0.25) is 0 Å². The zero-order valence-electron chi connectivity index (χ0n) is 10.1. The number of anilines is 1. The van der Waals surface area contributed by atoms with Crippen LogP contribution in [0.3, 0.4) is 0 Å². The van der Waals surface area contributed by atoms with Gasteiger partial charge in [0.05, 0.1) is 4.90 Å². The summed E-state index contributed by atoms with van der Waals surface area (Å²) in [6, 6.07) is 6.47. The number of sulfonamides is 1. The lowest BCUT2D eigenvalue weighted by molar-refractivity contribution is 0.463.